The Morgan fingerprint density at radius 3 is 2.30 bits per heavy atom. The van der Waals surface area contributed by atoms with Crippen LogP contribution in [0, 0.1) is 0 Å². The lowest BCUT2D eigenvalue weighted by Gasteiger charge is -2.27. The van der Waals surface area contributed by atoms with Gasteiger partial charge >= 0.3 is 6.03 Å². The summed E-state index contributed by atoms with van der Waals surface area (Å²) in [6, 6.07) is 3.16. The SMILES string of the molecule is CCC(C)(CO)NC(=O)Nc1ccc(C(C)(C)C)nn1. The summed E-state index contributed by atoms with van der Waals surface area (Å²) in [5.41, 5.74) is 0.145. The highest BCUT2D eigenvalue weighted by Crippen LogP contribution is 2.19. The zero-order valence-electron chi connectivity index (χ0n) is 12.8. The first kappa shape index (κ1) is 16.4. The zero-order chi connectivity index (χ0) is 15.4. The molecule has 6 heteroatoms. The molecule has 0 spiro atoms. The third kappa shape index (κ3) is 4.45. The monoisotopic (exact) mass is 280 g/mol. The van der Waals surface area contributed by atoms with E-state index >= 15 is 0 Å². The summed E-state index contributed by atoms with van der Waals surface area (Å²) in [5, 5.41) is 22.7. The molecule has 1 rings (SSSR count). The molecule has 20 heavy (non-hydrogen) atoms. The van der Waals surface area contributed by atoms with E-state index in [1.54, 1.807) is 13.0 Å². The first-order valence-electron chi connectivity index (χ1n) is 6.74. The summed E-state index contributed by atoms with van der Waals surface area (Å²) in [6.45, 7) is 9.70. The molecule has 0 saturated heterocycles. The Balaban J connectivity index is 2.68. The Morgan fingerprint density at radius 1 is 1.25 bits per heavy atom. The van der Waals surface area contributed by atoms with Crippen molar-refractivity contribution in [2.75, 3.05) is 11.9 Å². The molecule has 1 atom stereocenters. The van der Waals surface area contributed by atoms with Crippen molar-refractivity contribution in [3.63, 3.8) is 0 Å². The summed E-state index contributed by atoms with van der Waals surface area (Å²) in [4.78, 5) is 11.8. The molecule has 1 aromatic heterocycles. The molecule has 112 valence electrons. The van der Waals surface area contributed by atoms with Crippen LogP contribution in [-0.2, 0) is 5.41 Å². The van der Waals surface area contributed by atoms with E-state index in [4.69, 9.17) is 0 Å². The van der Waals surface area contributed by atoms with E-state index in [-0.39, 0.29) is 12.0 Å². The molecule has 0 aliphatic rings. The predicted molar refractivity (Wildman–Crippen MR) is 78.7 cm³/mol. The average molecular weight is 280 g/mol. The van der Waals surface area contributed by atoms with E-state index in [1.165, 1.54) is 0 Å². The highest BCUT2D eigenvalue weighted by atomic mass is 16.3. The van der Waals surface area contributed by atoms with Crippen LogP contribution >= 0.6 is 0 Å². The zero-order valence-corrected chi connectivity index (χ0v) is 12.8. The van der Waals surface area contributed by atoms with Gasteiger partial charge in [-0.15, -0.1) is 5.10 Å². The van der Waals surface area contributed by atoms with Gasteiger partial charge in [-0.05, 0) is 25.5 Å². The van der Waals surface area contributed by atoms with E-state index < -0.39 is 11.6 Å². The Morgan fingerprint density at radius 2 is 1.90 bits per heavy atom. The van der Waals surface area contributed by atoms with Crippen molar-refractivity contribution >= 4 is 11.8 Å². The molecular formula is C14H24N4O2. The number of carbonyl (C=O) groups is 1. The lowest BCUT2D eigenvalue weighted by Crippen LogP contribution is -2.50. The summed E-state index contributed by atoms with van der Waals surface area (Å²) in [6.07, 6.45) is 0.631. The minimum atomic E-state index is -0.636. The smallest absolute Gasteiger partial charge is 0.320 e. The first-order chi connectivity index (χ1) is 9.20. The number of anilines is 1. The van der Waals surface area contributed by atoms with E-state index in [2.05, 4.69) is 20.8 Å². The number of aliphatic hydroxyl groups excluding tert-OH is 1. The van der Waals surface area contributed by atoms with E-state index in [1.807, 2.05) is 33.8 Å². The third-order valence-electron chi connectivity index (χ3n) is 3.22. The third-order valence-corrected chi connectivity index (χ3v) is 3.22. The van der Waals surface area contributed by atoms with E-state index in [9.17, 15) is 9.90 Å². The number of nitrogens with zero attached hydrogens (tertiary/aromatic N) is 2. The van der Waals surface area contributed by atoms with Crippen molar-refractivity contribution in [1.82, 2.24) is 15.5 Å². The standard InChI is InChI=1S/C14H24N4O2/c1-6-14(5,9-19)16-12(20)15-11-8-7-10(17-18-11)13(2,3)4/h7-8,19H,6,9H2,1-5H3,(H2,15,16,18,20). The van der Waals surface area contributed by atoms with Crippen molar-refractivity contribution in [2.24, 2.45) is 0 Å². The second kappa shape index (κ2) is 6.17. The van der Waals surface area contributed by atoms with Gasteiger partial charge in [-0.2, -0.15) is 5.10 Å². The van der Waals surface area contributed by atoms with Crippen LogP contribution in [0.4, 0.5) is 10.6 Å². The molecule has 0 bridgehead atoms. The molecule has 0 fully saturated rings. The molecule has 6 nitrogen and oxygen atoms in total. The molecule has 0 aliphatic heterocycles. The van der Waals surface area contributed by atoms with E-state index in [0.717, 1.165) is 5.69 Å². The predicted octanol–water partition coefficient (Wildman–Crippen LogP) is 2.06. The van der Waals surface area contributed by atoms with Crippen molar-refractivity contribution in [3.05, 3.63) is 17.8 Å². The molecule has 0 saturated carbocycles. The van der Waals surface area contributed by atoms with Gasteiger partial charge in [-0.3, -0.25) is 5.32 Å². The molecule has 1 unspecified atom stereocenters. The van der Waals surface area contributed by atoms with Crippen LogP contribution in [0.15, 0.2) is 12.1 Å². The Bertz CT molecular complexity index is 447. The number of carbonyl (C=O) groups excluding carboxylic acids is 1. The Hall–Kier alpha value is -1.69. The van der Waals surface area contributed by atoms with Crippen LogP contribution in [0.25, 0.3) is 0 Å². The number of rotatable bonds is 4. The number of urea groups is 1. The van der Waals surface area contributed by atoms with Crippen LogP contribution in [0.2, 0.25) is 0 Å². The number of amides is 2. The minimum Gasteiger partial charge on any atom is -0.394 e. The lowest BCUT2D eigenvalue weighted by atomic mass is 9.92. The van der Waals surface area contributed by atoms with Crippen LogP contribution in [0.3, 0.4) is 0 Å². The van der Waals surface area contributed by atoms with Gasteiger partial charge in [-0.1, -0.05) is 27.7 Å². The normalized spacial score (nSPS) is 14.5. The number of aliphatic hydroxyl groups is 1. The van der Waals surface area contributed by atoms with Crippen LogP contribution in [0.5, 0.6) is 0 Å². The lowest BCUT2D eigenvalue weighted by molar-refractivity contribution is 0.172. The second-order valence-corrected chi connectivity index (χ2v) is 6.21. The fraction of sp³-hybridized carbons (Fsp3) is 0.643. The molecule has 3 N–H and O–H groups in total. The van der Waals surface area contributed by atoms with Gasteiger partial charge in [0.1, 0.15) is 0 Å². The minimum absolute atomic E-state index is 0.0779. The molecule has 0 aromatic carbocycles. The quantitative estimate of drug-likeness (QED) is 0.787. The van der Waals surface area contributed by atoms with Gasteiger partial charge in [0.15, 0.2) is 5.82 Å². The summed E-state index contributed by atoms with van der Waals surface area (Å²) < 4.78 is 0. The van der Waals surface area contributed by atoms with Gasteiger partial charge < -0.3 is 10.4 Å². The topological polar surface area (TPSA) is 87.1 Å². The largest absolute Gasteiger partial charge is 0.394 e. The number of hydrogen-bond donors (Lipinski definition) is 3. The van der Waals surface area contributed by atoms with Gasteiger partial charge in [0.25, 0.3) is 0 Å². The summed E-state index contributed by atoms with van der Waals surface area (Å²) in [5.74, 6) is 0.381. The van der Waals surface area contributed by atoms with Gasteiger partial charge in [0, 0.05) is 5.41 Å². The van der Waals surface area contributed by atoms with Crippen molar-refractivity contribution < 1.29 is 9.90 Å². The number of aromatic nitrogens is 2. The first-order valence-corrected chi connectivity index (χ1v) is 6.74. The van der Waals surface area contributed by atoms with Crippen molar-refractivity contribution in [3.8, 4) is 0 Å². The Labute approximate surface area is 120 Å². The van der Waals surface area contributed by atoms with Gasteiger partial charge in [-0.25, -0.2) is 4.79 Å². The highest BCUT2D eigenvalue weighted by Gasteiger charge is 2.23. The summed E-state index contributed by atoms with van der Waals surface area (Å²) in [7, 11) is 0. The fourth-order valence-corrected chi connectivity index (χ4v) is 1.46. The van der Waals surface area contributed by atoms with Crippen LogP contribution in [-0.4, -0.2) is 33.5 Å². The van der Waals surface area contributed by atoms with Crippen molar-refractivity contribution in [2.45, 2.75) is 52.0 Å². The van der Waals surface area contributed by atoms with Crippen LogP contribution in [0.1, 0.15) is 46.7 Å². The van der Waals surface area contributed by atoms with Crippen LogP contribution < -0.4 is 10.6 Å². The maximum Gasteiger partial charge on any atom is 0.320 e. The van der Waals surface area contributed by atoms with E-state index in [0.29, 0.717) is 12.2 Å². The van der Waals surface area contributed by atoms with Gasteiger partial charge in [0.05, 0.1) is 17.8 Å². The molecule has 0 radical (unpaired) electrons. The van der Waals surface area contributed by atoms with Gasteiger partial charge in [0.2, 0.25) is 0 Å². The maximum absolute atomic E-state index is 11.8. The fourth-order valence-electron chi connectivity index (χ4n) is 1.46. The average Bonchev–Trinajstić information content (AvgIpc) is 2.38. The molecule has 1 aromatic rings. The molecule has 2 amide bonds. The van der Waals surface area contributed by atoms with Crippen molar-refractivity contribution in [1.29, 1.82) is 0 Å². The number of hydrogen-bond acceptors (Lipinski definition) is 4. The molecule has 0 aliphatic carbocycles. The Kier molecular flexibility index (Phi) is 5.05. The number of nitrogens with one attached hydrogen (secondary N) is 2. The highest BCUT2D eigenvalue weighted by molar-refractivity contribution is 5.88. The second-order valence-electron chi connectivity index (χ2n) is 6.21. The molecular weight excluding hydrogens is 256 g/mol. The summed E-state index contributed by atoms with van der Waals surface area (Å²) >= 11 is 0. The molecule has 1 heterocycles. The maximum atomic E-state index is 11.8.